The zero-order valence-corrected chi connectivity index (χ0v) is 21.2. The number of anilines is 1. The molecule has 0 N–H and O–H groups in total. The molecule has 0 saturated heterocycles. The molecule has 0 spiro atoms. The molecule has 31 heavy (non-hydrogen) atoms. The SMILES string of the molecule is CCCCCCCCCCCCCCCCCCN=Cc1ccc(N(CC)CC)cc1. The largest absolute Gasteiger partial charge is 0.372 e. The molecule has 0 unspecified atom stereocenters. The number of unbranched alkanes of at least 4 members (excludes halogenated alkanes) is 15. The molecule has 0 aliphatic carbocycles. The fourth-order valence-corrected chi connectivity index (χ4v) is 4.28. The maximum atomic E-state index is 4.62. The number of hydrogen-bond donors (Lipinski definition) is 0. The van der Waals surface area contributed by atoms with Gasteiger partial charge in [0.2, 0.25) is 0 Å². The van der Waals surface area contributed by atoms with E-state index >= 15 is 0 Å². The first-order valence-corrected chi connectivity index (χ1v) is 13.7. The van der Waals surface area contributed by atoms with Crippen molar-refractivity contribution in [2.75, 3.05) is 24.5 Å². The maximum absolute atomic E-state index is 4.62. The number of benzene rings is 1. The van der Waals surface area contributed by atoms with Crippen molar-refractivity contribution >= 4 is 11.9 Å². The second kappa shape index (κ2) is 20.6. The molecule has 1 rings (SSSR count). The van der Waals surface area contributed by atoms with Gasteiger partial charge in [-0.05, 0) is 38.0 Å². The van der Waals surface area contributed by atoms with Crippen LogP contribution in [0, 0.1) is 0 Å². The van der Waals surface area contributed by atoms with E-state index in [1.165, 1.54) is 114 Å². The third-order valence-electron chi connectivity index (χ3n) is 6.40. The quantitative estimate of drug-likeness (QED) is 0.141. The van der Waals surface area contributed by atoms with Crippen LogP contribution >= 0.6 is 0 Å². The van der Waals surface area contributed by atoms with Gasteiger partial charge in [-0.15, -0.1) is 0 Å². The molecule has 2 nitrogen and oxygen atoms in total. The first-order valence-electron chi connectivity index (χ1n) is 13.7. The van der Waals surface area contributed by atoms with Crippen LogP contribution in [-0.4, -0.2) is 25.8 Å². The van der Waals surface area contributed by atoms with Gasteiger partial charge in [-0.3, -0.25) is 4.99 Å². The molecule has 1 aromatic carbocycles. The summed E-state index contributed by atoms with van der Waals surface area (Å²) in [5.74, 6) is 0. The average molecular weight is 429 g/mol. The van der Waals surface area contributed by atoms with Gasteiger partial charge in [0.25, 0.3) is 0 Å². The van der Waals surface area contributed by atoms with Crippen LogP contribution in [0.15, 0.2) is 29.3 Å². The Morgan fingerprint density at radius 3 is 1.42 bits per heavy atom. The fourth-order valence-electron chi connectivity index (χ4n) is 4.28. The van der Waals surface area contributed by atoms with Crippen LogP contribution in [0.3, 0.4) is 0 Å². The van der Waals surface area contributed by atoms with Crippen LogP contribution < -0.4 is 4.90 Å². The molecule has 0 aliphatic rings. The lowest BCUT2D eigenvalue weighted by Gasteiger charge is -2.20. The Labute approximate surface area is 194 Å². The summed E-state index contributed by atoms with van der Waals surface area (Å²) in [5.41, 5.74) is 2.52. The first-order chi connectivity index (χ1) is 15.3. The van der Waals surface area contributed by atoms with Crippen LogP contribution in [0.5, 0.6) is 0 Å². The van der Waals surface area contributed by atoms with E-state index in [4.69, 9.17) is 0 Å². The highest BCUT2D eigenvalue weighted by Crippen LogP contribution is 2.15. The maximum Gasteiger partial charge on any atom is 0.0389 e. The van der Waals surface area contributed by atoms with E-state index < -0.39 is 0 Å². The van der Waals surface area contributed by atoms with Crippen LogP contribution in [0.2, 0.25) is 0 Å². The number of nitrogens with zero attached hydrogens (tertiary/aromatic N) is 2. The fraction of sp³-hybridized carbons (Fsp3) is 0.759. The minimum absolute atomic E-state index is 0.968. The van der Waals surface area contributed by atoms with Gasteiger partial charge in [0.05, 0.1) is 0 Å². The van der Waals surface area contributed by atoms with Crippen molar-refractivity contribution in [2.45, 2.75) is 124 Å². The first kappa shape index (κ1) is 27.7. The third-order valence-corrected chi connectivity index (χ3v) is 6.40. The van der Waals surface area contributed by atoms with E-state index in [2.05, 4.69) is 54.9 Å². The monoisotopic (exact) mass is 428 g/mol. The Kier molecular flexibility index (Phi) is 18.4. The Hall–Kier alpha value is -1.31. The Balaban J connectivity index is 1.88. The highest BCUT2D eigenvalue weighted by Gasteiger charge is 2.00. The standard InChI is InChI=1S/C29H52N2/c1-4-7-8-9-10-11-12-13-14-15-16-17-18-19-20-21-26-30-27-28-22-24-29(25-23-28)31(5-2)6-3/h22-25,27H,4-21,26H2,1-3H3. The highest BCUT2D eigenvalue weighted by molar-refractivity contribution is 5.80. The van der Waals surface area contributed by atoms with Crippen molar-refractivity contribution in [2.24, 2.45) is 4.99 Å². The second-order valence-corrected chi connectivity index (χ2v) is 9.10. The molecule has 0 bridgehead atoms. The van der Waals surface area contributed by atoms with Gasteiger partial charge in [0, 0.05) is 31.5 Å². The molecular weight excluding hydrogens is 376 g/mol. The molecule has 0 radical (unpaired) electrons. The topological polar surface area (TPSA) is 15.6 Å². The van der Waals surface area contributed by atoms with E-state index in [1.807, 2.05) is 6.21 Å². The van der Waals surface area contributed by atoms with Crippen molar-refractivity contribution in [1.29, 1.82) is 0 Å². The smallest absolute Gasteiger partial charge is 0.0389 e. The molecule has 0 atom stereocenters. The molecule has 0 fully saturated rings. The Morgan fingerprint density at radius 1 is 0.581 bits per heavy atom. The van der Waals surface area contributed by atoms with E-state index in [9.17, 15) is 0 Å². The summed E-state index contributed by atoms with van der Waals surface area (Å²) < 4.78 is 0. The van der Waals surface area contributed by atoms with Gasteiger partial charge in [-0.25, -0.2) is 0 Å². The van der Waals surface area contributed by atoms with Crippen molar-refractivity contribution in [3.05, 3.63) is 29.8 Å². The molecule has 2 heteroatoms. The summed E-state index contributed by atoms with van der Waals surface area (Å²) in [6, 6.07) is 8.79. The lowest BCUT2D eigenvalue weighted by Crippen LogP contribution is -2.21. The second-order valence-electron chi connectivity index (χ2n) is 9.10. The molecule has 0 amide bonds. The zero-order chi connectivity index (χ0) is 22.4. The van der Waals surface area contributed by atoms with Crippen molar-refractivity contribution < 1.29 is 0 Å². The molecular formula is C29H52N2. The molecule has 0 saturated carbocycles. The minimum Gasteiger partial charge on any atom is -0.372 e. The summed E-state index contributed by atoms with van der Waals surface area (Å²) in [7, 11) is 0. The Morgan fingerprint density at radius 2 is 1.00 bits per heavy atom. The summed E-state index contributed by atoms with van der Waals surface area (Å²) in [6.07, 6.45) is 24.7. The van der Waals surface area contributed by atoms with Gasteiger partial charge < -0.3 is 4.90 Å². The van der Waals surface area contributed by atoms with E-state index in [1.54, 1.807) is 0 Å². The number of rotatable bonds is 21. The summed E-state index contributed by atoms with van der Waals surface area (Å²) in [6.45, 7) is 9.79. The van der Waals surface area contributed by atoms with Crippen LogP contribution in [-0.2, 0) is 0 Å². The van der Waals surface area contributed by atoms with Gasteiger partial charge in [-0.2, -0.15) is 0 Å². The highest BCUT2D eigenvalue weighted by atomic mass is 15.1. The summed E-state index contributed by atoms with van der Waals surface area (Å²) in [5, 5.41) is 0. The van der Waals surface area contributed by atoms with E-state index in [0.29, 0.717) is 0 Å². The third kappa shape index (κ3) is 15.2. The van der Waals surface area contributed by atoms with Crippen molar-refractivity contribution in [1.82, 2.24) is 0 Å². The van der Waals surface area contributed by atoms with Crippen LogP contribution in [0.1, 0.15) is 129 Å². The Bertz CT molecular complexity index is 516. The van der Waals surface area contributed by atoms with Gasteiger partial charge >= 0.3 is 0 Å². The molecule has 0 heterocycles. The van der Waals surface area contributed by atoms with Gasteiger partial charge in [0.1, 0.15) is 0 Å². The molecule has 0 aliphatic heterocycles. The van der Waals surface area contributed by atoms with Crippen molar-refractivity contribution in [3.8, 4) is 0 Å². The van der Waals surface area contributed by atoms with Gasteiger partial charge in [-0.1, -0.05) is 115 Å². The van der Waals surface area contributed by atoms with Gasteiger partial charge in [0.15, 0.2) is 0 Å². The predicted molar refractivity (Wildman–Crippen MR) is 142 cm³/mol. The van der Waals surface area contributed by atoms with E-state index in [0.717, 1.165) is 19.6 Å². The number of aliphatic imine (C=N–C) groups is 1. The molecule has 178 valence electrons. The van der Waals surface area contributed by atoms with Crippen LogP contribution in [0.4, 0.5) is 5.69 Å². The number of hydrogen-bond acceptors (Lipinski definition) is 2. The predicted octanol–water partition coefficient (Wildman–Crippen LogP) is 9.21. The molecule has 0 aromatic heterocycles. The minimum atomic E-state index is 0.968. The summed E-state index contributed by atoms with van der Waals surface area (Å²) in [4.78, 5) is 6.99. The van der Waals surface area contributed by atoms with E-state index in [-0.39, 0.29) is 0 Å². The molecule has 1 aromatic rings. The van der Waals surface area contributed by atoms with Crippen molar-refractivity contribution in [3.63, 3.8) is 0 Å². The van der Waals surface area contributed by atoms with Crippen LogP contribution in [0.25, 0.3) is 0 Å². The lowest BCUT2D eigenvalue weighted by atomic mass is 10.0. The average Bonchev–Trinajstić information content (AvgIpc) is 2.80. The summed E-state index contributed by atoms with van der Waals surface area (Å²) >= 11 is 0. The zero-order valence-electron chi connectivity index (χ0n) is 21.2. The lowest BCUT2D eigenvalue weighted by molar-refractivity contribution is 0.530. The normalized spacial score (nSPS) is 11.5.